The Hall–Kier alpha value is -1.10. The van der Waals surface area contributed by atoms with Crippen LogP contribution >= 0.6 is 0 Å². The van der Waals surface area contributed by atoms with Crippen molar-refractivity contribution in [3.05, 3.63) is 0 Å². The summed E-state index contributed by atoms with van der Waals surface area (Å²) >= 11 is 0. The quantitative estimate of drug-likeness (QED) is 0.742. The number of rotatable bonds is 8. The van der Waals surface area contributed by atoms with E-state index in [9.17, 15) is 9.59 Å². The largest absolute Gasteiger partial charge is 0.481 e. The van der Waals surface area contributed by atoms with Gasteiger partial charge in [0.05, 0.1) is 12.0 Å². The highest BCUT2D eigenvalue weighted by Crippen LogP contribution is 2.18. The molecule has 1 aliphatic heterocycles. The molecule has 2 unspecified atom stereocenters. The summed E-state index contributed by atoms with van der Waals surface area (Å²) in [4.78, 5) is 25.3. The monoisotopic (exact) mass is 285 g/mol. The Bertz CT molecular complexity index is 322. The van der Waals surface area contributed by atoms with E-state index in [1.807, 2.05) is 13.8 Å². The lowest BCUT2D eigenvalue weighted by molar-refractivity contribution is -0.144. The number of aliphatic carboxylic acids is 1. The Morgan fingerprint density at radius 1 is 1.35 bits per heavy atom. The van der Waals surface area contributed by atoms with Crippen LogP contribution in [0.15, 0.2) is 0 Å². The van der Waals surface area contributed by atoms with E-state index < -0.39 is 11.9 Å². The fourth-order valence-corrected chi connectivity index (χ4v) is 2.59. The standard InChI is InChI=1S/C15H27NO4/c1-4-12(5-2)14(17)16(9-11(3)15(18)19)10-13-7-6-8-20-13/h11-13H,4-10H2,1-3H3,(H,18,19). The summed E-state index contributed by atoms with van der Waals surface area (Å²) < 4.78 is 5.58. The van der Waals surface area contributed by atoms with Crippen LogP contribution in [0.2, 0.25) is 0 Å². The van der Waals surface area contributed by atoms with Crippen LogP contribution in [-0.2, 0) is 14.3 Å². The molecule has 1 rings (SSSR count). The van der Waals surface area contributed by atoms with Crippen molar-refractivity contribution in [2.24, 2.45) is 11.8 Å². The van der Waals surface area contributed by atoms with Gasteiger partial charge in [-0.3, -0.25) is 9.59 Å². The molecule has 1 amide bonds. The Kier molecular flexibility index (Phi) is 6.99. The van der Waals surface area contributed by atoms with Crippen molar-refractivity contribution in [1.29, 1.82) is 0 Å². The van der Waals surface area contributed by atoms with Crippen LogP contribution in [0.3, 0.4) is 0 Å². The lowest BCUT2D eigenvalue weighted by Crippen LogP contribution is -2.44. The van der Waals surface area contributed by atoms with Crippen molar-refractivity contribution in [3.63, 3.8) is 0 Å². The molecule has 1 aliphatic rings. The number of carboxylic acids is 1. The number of nitrogens with zero attached hydrogens (tertiary/aromatic N) is 1. The molecule has 0 saturated carbocycles. The minimum Gasteiger partial charge on any atom is -0.481 e. The zero-order valence-electron chi connectivity index (χ0n) is 12.8. The molecule has 0 aromatic carbocycles. The molecule has 20 heavy (non-hydrogen) atoms. The average molecular weight is 285 g/mol. The molecule has 116 valence electrons. The van der Waals surface area contributed by atoms with Gasteiger partial charge in [0.1, 0.15) is 0 Å². The van der Waals surface area contributed by atoms with Crippen LogP contribution in [0.5, 0.6) is 0 Å². The Morgan fingerprint density at radius 2 is 2.00 bits per heavy atom. The van der Waals surface area contributed by atoms with E-state index in [4.69, 9.17) is 9.84 Å². The number of amides is 1. The Labute approximate surface area is 121 Å². The van der Waals surface area contributed by atoms with Crippen molar-refractivity contribution in [1.82, 2.24) is 4.90 Å². The second-order valence-electron chi connectivity index (χ2n) is 5.63. The normalized spacial score (nSPS) is 20.1. The van der Waals surface area contributed by atoms with Crippen LogP contribution in [-0.4, -0.2) is 47.7 Å². The number of carbonyl (C=O) groups excluding carboxylic acids is 1. The molecule has 1 saturated heterocycles. The third-order valence-electron chi connectivity index (χ3n) is 4.01. The molecule has 0 bridgehead atoms. The van der Waals surface area contributed by atoms with E-state index >= 15 is 0 Å². The van der Waals surface area contributed by atoms with Gasteiger partial charge >= 0.3 is 5.97 Å². The summed E-state index contributed by atoms with van der Waals surface area (Å²) in [6.07, 6.45) is 3.62. The van der Waals surface area contributed by atoms with Gasteiger partial charge in [0.15, 0.2) is 0 Å². The highest BCUT2D eigenvalue weighted by atomic mass is 16.5. The third kappa shape index (κ3) is 4.78. The van der Waals surface area contributed by atoms with E-state index in [2.05, 4.69) is 0 Å². The molecule has 0 aliphatic carbocycles. The molecule has 2 atom stereocenters. The van der Waals surface area contributed by atoms with Gasteiger partial charge in [0, 0.05) is 25.6 Å². The number of hydrogen-bond donors (Lipinski definition) is 1. The molecule has 0 radical (unpaired) electrons. The first kappa shape index (κ1) is 17.0. The minimum atomic E-state index is -0.861. The lowest BCUT2D eigenvalue weighted by Gasteiger charge is -2.30. The van der Waals surface area contributed by atoms with Crippen LogP contribution in [0.4, 0.5) is 0 Å². The van der Waals surface area contributed by atoms with Gasteiger partial charge in [-0.05, 0) is 25.7 Å². The SMILES string of the molecule is CCC(CC)C(=O)N(CC1CCCO1)CC(C)C(=O)O. The van der Waals surface area contributed by atoms with E-state index in [0.29, 0.717) is 6.54 Å². The van der Waals surface area contributed by atoms with Crippen molar-refractivity contribution in [2.75, 3.05) is 19.7 Å². The second-order valence-corrected chi connectivity index (χ2v) is 5.63. The summed E-state index contributed by atoms with van der Waals surface area (Å²) in [5.41, 5.74) is 0. The topological polar surface area (TPSA) is 66.8 Å². The van der Waals surface area contributed by atoms with Gasteiger partial charge < -0.3 is 14.7 Å². The Balaban J connectivity index is 2.70. The first-order chi connectivity index (χ1) is 9.49. The van der Waals surface area contributed by atoms with Gasteiger partial charge in [-0.15, -0.1) is 0 Å². The summed E-state index contributed by atoms with van der Waals surface area (Å²) in [6.45, 7) is 7.17. The summed E-state index contributed by atoms with van der Waals surface area (Å²) in [5.74, 6) is -1.36. The highest BCUT2D eigenvalue weighted by Gasteiger charge is 2.28. The van der Waals surface area contributed by atoms with Crippen molar-refractivity contribution in [3.8, 4) is 0 Å². The Morgan fingerprint density at radius 3 is 2.45 bits per heavy atom. The molecular formula is C15H27NO4. The molecule has 0 aromatic heterocycles. The molecular weight excluding hydrogens is 258 g/mol. The fraction of sp³-hybridized carbons (Fsp3) is 0.867. The summed E-state index contributed by atoms with van der Waals surface area (Å²) in [6, 6.07) is 0. The van der Waals surface area contributed by atoms with Crippen LogP contribution in [0.1, 0.15) is 46.5 Å². The van der Waals surface area contributed by atoms with Gasteiger partial charge in [-0.1, -0.05) is 20.8 Å². The van der Waals surface area contributed by atoms with Crippen molar-refractivity contribution >= 4 is 11.9 Å². The average Bonchev–Trinajstić information content (AvgIpc) is 2.91. The van der Waals surface area contributed by atoms with Gasteiger partial charge in [0.2, 0.25) is 5.91 Å². The number of carbonyl (C=O) groups is 2. The predicted octanol–water partition coefficient (Wildman–Crippen LogP) is 2.15. The van der Waals surface area contributed by atoms with E-state index in [1.165, 1.54) is 0 Å². The maximum absolute atomic E-state index is 12.5. The smallest absolute Gasteiger partial charge is 0.308 e. The van der Waals surface area contributed by atoms with E-state index in [0.717, 1.165) is 32.3 Å². The fourth-order valence-electron chi connectivity index (χ4n) is 2.59. The molecule has 5 nitrogen and oxygen atoms in total. The molecule has 0 aromatic rings. The highest BCUT2D eigenvalue weighted by molar-refractivity contribution is 5.79. The first-order valence-electron chi connectivity index (χ1n) is 7.62. The molecule has 1 heterocycles. The number of hydrogen-bond acceptors (Lipinski definition) is 3. The van der Waals surface area contributed by atoms with Crippen LogP contribution in [0, 0.1) is 11.8 Å². The second kappa shape index (κ2) is 8.25. The van der Waals surface area contributed by atoms with E-state index in [-0.39, 0.29) is 24.5 Å². The minimum absolute atomic E-state index is 0.0163. The first-order valence-corrected chi connectivity index (χ1v) is 7.62. The van der Waals surface area contributed by atoms with Gasteiger partial charge in [-0.2, -0.15) is 0 Å². The maximum atomic E-state index is 12.5. The summed E-state index contributed by atoms with van der Waals surface area (Å²) in [7, 11) is 0. The van der Waals surface area contributed by atoms with Crippen molar-refractivity contribution in [2.45, 2.75) is 52.6 Å². The van der Waals surface area contributed by atoms with Crippen LogP contribution in [0.25, 0.3) is 0 Å². The predicted molar refractivity (Wildman–Crippen MR) is 76.4 cm³/mol. The third-order valence-corrected chi connectivity index (χ3v) is 4.01. The molecule has 0 spiro atoms. The zero-order valence-corrected chi connectivity index (χ0v) is 12.8. The molecule has 1 fully saturated rings. The van der Waals surface area contributed by atoms with Crippen LogP contribution < -0.4 is 0 Å². The van der Waals surface area contributed by atoms with Crippen molar-refractivity contribution < 1.29 is 19.4 Å². The van der Waals surface area contributed by atoms with E-state index in [1.54, 1.807) is 11.8 Å². The number of ether oxygens (including phenoxy) is 1. The molecule has 1 N–H and O–H groups in total. The maximum Gasteiger partial charge on any atom is 0.308 e. The van der Waals surface area contributed by atoms with Gasteiger partial charge in [-0.25, -0.2) is 0 Å². The number of carboxylic acid groups (broad SMARTS) is 1. The van der Waals surface area contributed by atoms with Gasteiger partial charge in [0.25, 0.3) is 0 Å². The lowest BCUT2D eigenvalue weighted by atomic mass is 10.0. The zero-order chi connectivity index (χ0) is 15.1. The summed E-state index contributed by atoms with van der Waals surface area (Å²) in [5, 5.41) is 9.06. The molecule has 5 heteroatoms.